The van der Waals surface area contributed by atoms with Crippen LogP contribution in [0.25, 0.3) is 5.52 Å². The SMILES string of the molecule is COC(=O)c1cnn2nc(Br)ccc12. The van der Waals surface area contributed by atoms with Crippen LogP contribution < -0.4 is 0 Å². The predicted molar refractivity (Wildman–Crippen MR) is 52.0 cm³/mol. The Hall–Kier alpha value is -1.43. The lowest BCUT2D eigenvalue weighted by Crippen LogP contribution is -2.01. The van der Waals surface area contributed by atoms with Gasteiger partial charge in [-0.05, 0) is 28.1 Å². The van der Waals surface area contributed by atoms with Gasteiger partial charge < -0.3 is 4.74 Å². The Bertz CT molecular complexity index is 494. The third-order valence-corrected chi connectivity index (χ3v) is 2.18. The first-order valence-electron chi connectivity index (χ1n) is 3.81. The van der Waals surface area contributed by atoms with Gasteiger partial charge in [-0.3, -0.25) is 0 Å². The van der Waals surface area contributed by atoms with Crippen molar-refractivity contribution in [2.24, 2.45) is 0 Å². The fourth-order valence-corrected chi connectivity index (χ4v) is 1.41. The summed E-state index contributed by atoms with van der Waals surface area (Å²) >= 11 is 3.21. The largest absolute Gasteiger partial charge is 0.465 e. The molecule has 2 aromatic rings. The Labute approximate surface area is 87.8 Å². The molecule has 2 aromatic heterocycles. The fourth-order valence-electron chi connectivity index (χ4n) is 1.12. The second kappa shape index (κ2) is 3.38. The number of esters is 1. The maximum absolute atomic E-state index is 11.3. The number of rotatable bonds is 1. The van der Waals surface area contributed by atoms with Crippen LogP contribution in [-0.2, 0) is 4.74 Å². The quantitative estimate of drug-likeness (QED) is 0.721. The molecule has 0 aliphatic carbocycles. The molecule has 2 heterocycles. The monoisotopic (exact) mass is 255 g/mol. The summed E-state index contributed by atoms with van der Waals surface area (Å²) in [5, 5.41) is 7.95. The first-order chi connectivity index (χ1) is 6.72. The molecule has 5 nitrogen and oxygen atoms in total. The molecule has 0 N–H and O–H groups in total. The number of carbonyl (C=O) groups excluding carboxylic acids is 1. The van der Waals surface area contributed by atoms with E-state index in [0.717, 1.165) is 0 Å². The highest BCUT2D eigenvalue weighted by molar-refractivity contribution is 9.10. The zero-order valence-corrected chi connectivity index (χ0v) is 8.85. The van der Waals surface area contributed by atoms with E-state index in [-0.39, 0.29) is 0 Å². The Morgan fingerprint density at radius 3 is 3.07 bits per heavy atom. The Morgan fingerprint density at radius 2 is 2.36 bits per heavy atom. The number of carbonyl (C=O) groups is 1. The van der Waals surface area contributed by atoms with Gasteiger partial charge in [0.2, 0.25) is 0 Å². The highest BCUT2D eigenvalue weighted by Crippen LogP contribution is 2.13. The van der Waals surface area contributed by atoms with Crippen molar-refractivity contribution in [3.63, 3.8) is 0 Å². The minimum atomic E-state index is -0.413. The number of nitrogens with zero attached hydrogens (tertiary/aromatic N) is 3. The molecule has 0 saturated carbocycles. The van der Waals surface area contributed by atoms with Crippen molar-refractivity contribution in [3.8, 4) is 0 Å². The van der Waals surface area contributed by atoms with Crippen molar-refractivity contribution in [2.45, 2.75) is 0 Å². The summed E-state index contributed by atoms with van der Waals surface area (Å²) in [7, 11) is 1.33. The molecule has 72 valence electrons. The van der Waals surface area contributed by atoms with Gasteiger partial charge in [0.25, 0.3) is 0 Å². The molecule has 2 rings (SSSR count). The van der Waals surface area contributed by atoms with Crippen LogP contribution in [0.4, 0.5) is 0 Å². The first-order valence-corrected chi connectivity index (χ1v) is 4.60. The summed E-state index contributed by atoms with van der Waals surface area (Å²) in [5.74, 6) is -0.413. The second-order valence-corrected chi connectivity index (χ2v) is 3.39. The number of fused-ring (bicyclic) bond motifs is 1. The molecule has 0 unspecified atom stereocenters. The van der Waals surface area contributed by atoms with Crippen LogP contribution in [0.1, 0.15) is 10.4 Å². The highest BCUT2D eigenvalue weighted by Gasteiger charge is 2.12. The average molecular weight is 256 g/mol. The molecular formula is C8H6BrN3O2. The van der Waals surface area contributed by atoms with Gasteiger partial charge in [-0.1, -0.05) is 0 Å². The number of hydrogen-bond acceptors (Lipinski definition) is 4. The zero-order chi connectivity index (χ0) is 10.1. The number of halogens is 1. The zero-order valence-electron chi connectivity index (χ0n) is 7.27. The van der Waals surface area contributed by atoms with Crippen molar-refractivity contribution < 1.29 is 9.53 Å². The third-order valence-electron chi connectivity index (χ3n) is 1.76. The van der Waals surface area contributed by atoms with E-state index in [0.29, 0.717) is 15.7 Å². The van der Waals surface area contributed by atoms with Crippen molar-refractivity contribution in [3.05, 3.63) is 28.5 Å². The topological polar surface area (TPSA) is 56.5 Å². The highest BCUT2D eigenvalue weighted by atomic mass is 79.9. The smallest absolute Gasteiger partial charge is 0.341 e. The Balaban J connectivity index is 2.64. The molecule has 0 radical (unpaired) electrons. The molecule has 0 aliphatic rings. The second-order valence-electron chi connectivity index (χ2n) is 2.58. The normalized spacial score (nSPS) is 10.4. The summed E-state index contributed by atoms with van der Waals surface area (Å²) in [4.78, 5) is 11.3. The van der Waals surface area contributed by atoms with Gasteiger partial charge in [0.15, 0.2) is 0 Å². The lowest BCUT2D eigenvalue weighted by Gasteiger charge is -1.96. The minimum absolute atomic E-state index is 0.410. The van der Waals surface area contributed by atoms with E-state index in [2.05, 4.69) is 30.9 Å². The number of ether oxygens (including phenoxy) is 1. The molecule has 6 heteroatoms. The number of methoxy groups -OCH3 is 1. The third kappa shape index (κ3) is 1.37. The van der Waals surface area contributed by atoms with Crippen LogP contribution >= 0.6 is 15.9 Å². The molecular weight excluding hydrogens is 250 g/mol. The molecule has 0 aromatic carbocycles. The van der Waals surface area contributed by atoms with E-state index in [4.69, 9.17) is 0 Å². The van der Waals surface area contributed by atoms with Gasteiger partial charge in [-0.25, -0.2) is 4.79 Å². The van der Waals surface area contributed by atoms with Crippen LogP contribution in [0.15, 0.2) is 22.9 Å². The lowest BCUT2D eigenvalue weighted by atomic mass is 10.3. The van der Waals surface area contributed by atoms with Crippen molar-refractivity contribution in [2.75, 3.05) is 7.11 Å². The summed E-state index contributed by atoms with van der Waals surface area (Å²) in [6.45, 7) is 0. The number of aromatic nitrogens is 3. The maximum atomic E-state index is 11.3. The number of hydrogen-bond donors (Lipinski definition) is 0. The predicted octanol–water partition coefficient (Wildman–Crippen LogP) is 1.28. The van der Waals surface area contributed by atoms with Gasteiger partial charge in [0.1, 0.15) is 15.7 Å². The van der Waals surface area contributed by atoms with Crippen LogP contribution in [0.3, 0.4) is 0 Å². The molecule has 0 amide bonds. The van der Waals surface area contributed by atoms with Gasteiger partial charge in [0, 0.05) is 0 Å². The van der Waals surface area contributed by atoms with Crippen LogP contribution in [0.2, 0.25) is 0 Å². The summed E-state index contributed by atoms with van der Waals surface area (Å²) in [6, 6.07) is 3.49. The Morgan fingerprint density at radius 1 is 1.57 bits per heavy atom. The molecule has 0 spiro atoms. The van der Waals surface area contributed by atoms with Crippen LogP contribution in [0, 0.1) is 0 Å². The van der Waals surface area contributed by atoms with Crippen LogP contribution in [-0.4, -0.2) is 27.9 Å². The summed E-state index contributed by atoms with van der Waals surface area (Å²) < 4.78 is 6.63. The van der Waals surface area contributed by atoms with E-state index >= 15 is 0 Å². The molecule has 0 atom stereocenters. The standard InChI is InChI=1S/C8H6BrN3O2/c1-14-8(13)5-4-10-12-6(5)2-3-7(9)11-12/h2-4H,1H3. The van der Waals surface area contributed by atoms with E-state index in [9.17, 15) is 4.79 Å². The van der Waals surface area contributed by atoms with Crippen molar-refractivity contribution in [1.82, 2.24) is 14.8 Å². The molecule has 0 fully saturated rings. The summed E-state index contributed by atoms with van der Waals surface area (Å²) in [6.07, 6.45) is 1.43. The van der Waals surface area contributed by atoms with E-state index in [1.165, 1.54) is 17.9 Å². The average Bonchev–Trinajstić information content (AvgIpc) is 2.59. The molecule has 0 bridgehead atoms. The van der Waals surface area contributed by atoms with Crippen molar-refractivity contribution >= 4 is 27.4 Å². The molecule has 14 heavy (non-hydrogen) atoms. The van der Waals surface area contributed by atoms with Crippen LogP contribution in [0.5, 0.6) is 0 Å². The van der Waals surface area contributed by atoms with Crippen molar-refractivity contribution in [1.29, 1.82) is 0 Å². The van der Waals surface area contributed by atoms with Gasteiger partial charge in [-0.15, -0.1) is 9.73 Å². The summed E-state index contributed by atoms with van der Waals surface area (Å²) in [5.41, 5.74) is 1.03. The fraction of sp³-hybridized carbons (Fsp3) is 0.125. The van der Waals surface area contributed by atoms with E-state index in [1.54, 1.807) is 12.1 Å². The van der Waals surface area contributed by atoms with Gasteiger partial charge in [0.05, 0.1) is 13.3 Å². The van der Waals surface area contributed by atoms with Gasteiger partial charge in [-0.2, -0.15) is 5.10 Å². The maximum Gasteiger partial charge on any atom is 0.341 e. The minimum Gasteiger partial charge on any atom is -0.465 e. The van der Waals surface area contributed by atoms with E-state index in [1.807, 2.05) is 0 Å². The lowest BCUT2D eigenvalue weighted by molar-refractivity contribution is 0.0603. The first kappa shape index (κ1) is 9.14. The molecule has 0 aliphatic heterocycles. The molecule has 0 saturated heterocycles. The van der Waals surface area contributed by atoms with E-state index < -0.39 is 5.97 Å². The van der Waals surface area contributed by atoms with Gasteiger partial charge >= 0.3 is 5.97 Å². The Kier molecular flexibility index (Phi) is 2.20.